The Kier molecular flexibility index (Phi) is 13.4. The fourth-order valence-corrected chi connectivity index (χ4v) is 5.48. The molecule has 0 heterocycles. The van der Waals surface area contributed by atoms with E-state index in [4.69, 9.17) is 0 Å². The Hall–Kier alpha value is -1.31. The topological polar surface area (TPSA) is 0 Å². The quantitative estimate of drug-likeness (QED) is 0.258. The first-order valence-corrected chi connectivity index (χ1v) is 15.8. The number of hydrogen-bond acceptors (Lipinski definition) is 0. The van der Waals surface area contributed by atoms with Gasteiger partial charge in [0.2, 0.25) is 0 Å². The molecule has 0 radical (unpaired) electrons. The molecule has 33 heavy (non-hydrogen) atoms. The van der Waals surface area contributed by atoms with E-state index in [-0.39, 0.29) is 24.8 Å². The molecule has 5 rings (SSSR count). The van der Waals surface area contributed by atoms with Crippen LogP contribution in [-0.2, 0) is 37.1 Å². The Morgan fingerprint density at radius 1 is 0.879 bits per heavy atom. The standard InChI is InChI=1S/C13H9.C8H13Si.C8H8.2ClH.Zr/c1-3-7-12-10(5-1)9-11-6-2-4-8-13(11)12;1-9(2,3)8-6-4-5-7-8;1-2-8-6-4-3-5-7-8;;;/h1-5,7-8H,9H2;6-7H,4H2,1-3H3;1,3-7H,2H2;2*1H;/q2*-1;;;;+2/p-2. The van der Waals surface area contributed by atoms with Gasteiger partial charge >= 0.3 is 70.3 Å². The minimum atomic E-state index is -0.981. The third-order valence-corrected chi connectivity index (χ3v) is 7.94. The van der Waals surface area contributed by atoms with Gasteiger partial charge in [-0.2, -0.15) is 35.9 Å². The monoisotopic (exact) mass is 566 g/mol. The van der Waals surface area contributed by atoms with Gasteiger partial charge in [0.1, 0.15) is 0 Å². The average molecular weight is 569 g/mol. The first-order chi connectivity index (χ1) is 15.0. The number of hydrogen-bond donors (Lipinski definition) is 0. The van der Waals surface area contributed by atoms with Crippen molar-refractivity contribution in [3.63, 3.8) is 0 Å². The normalized spacial score (nSPS) is 12.3. The number of rotatable bonds is 3. The summed E-state index contributed by atoms with van der Waals surface area (Å²) in [5, 5.41) is 1.56. The maximum atomic E-state index is 3.30. The van der Waals surface area contributed by atoms with E-state index in [1.807, 2.05) is 12.1 Å². The molecule has 0 bridgehead atoms. The zero-order valence-electron chi connectivity index (χ0n) is 19.5. The second-order valence-electron chi connectivity index (χ2n) is 8.75. The second-order valence-corrected chi connectivity index (χ2v) is 14.8. The van der Waals surface area contributed by atoms with Crippen LogP contribution in [0, 0.1) is 12.1 Å². The molecule has 0 nitrogen and oxygen atoms in total. The first-order valence-electron chi connectivity index (χ1n) is 10.9. The molecule has 0 saturated carbocycles. The van der Waals surface area contributed by atoms with Crippen molar-refractivity contribution in [2.24, 2.45) is 0 Å². The Morgan fingerprint density at radius 2 is 1.55 bits per heavy atom. The third-order valence-electron chi connectivity index (χ3n) is 5.36. The van der Waals surface area contributed by atoms with Crippen molar-refractivity contribution in [3.05, 3.63) is 119 Å². The Labute approximate surface area is 228 Å². The zero-order valence-corrected chi connectivity index (χ0v) is 24.5. The van der Waals surface area contributed by atoms with Gasteiger partial charge in [-0.15, -0.1) is 12.0 Å². The van der Waals surface area contributed by atoms with Crippen molar-refractivity contribution in [3.8, 4) is 11.1 Å². The molecule has 0 fully saturated rings. The molecule has 2 aliphatic carbocycles. The first kappa shape index (κ1) is 29.7. The van der Waals surface area contributed by atoms with Crippen molar-refractivity contribution in [1.82, 2.24) is 0 Å². The van der Waals surface area contributed by atoms with Crippen LogP contribution in [0.5, 0.6) is 0 Å². The molecule has 2 aliphatic rings. The summed E-state index contributed by atoms with van der Waals surface area (Å²) in [5.41, 5.74) is 6.92. The molecule has 0 amide bonds. The minimum absolute atomic E-state index is 0. The molecular weight excluding hydrogens is 539 g/mol. The second kappa shape index (κ2) is 14.8. The maximum absolute atomic E-state index is 3.30. The van der Waals surface area contributed by atoms with Crippen LogP contribution in [-0.4, -0.2) is 11.8 Å². The summed E-state index contributed by atoms with van der Waals surface area (Å²) >= 11 is 1.51. The van der Waals surface area contributed by atoms with Crippen molar-refractivity contribution in [1.29, 1.82) is 0 Å². The summed E-state index contributed by atoms with van der Waals surface area (Å²) in [6.07, 6.45) is 10.9. The summed E-state index contributed by atoms with van der Waals surface area (Å²) in [6, 6.07) is 28.6. The molecule has 0 aromatic heterocycles. The molecule has 0 spiro atoms. The predicted octanol–water partition coefficient (Wildman–Crippen LogP) is 1.20. The molecule has 0 atom stereocenters. The van der Waals surface area contributed by atoms with Gasteiger partial charge in [-0.25, -0.2) is 11.3 Å². The van der Waals surface area contributed by atoms with Gasteiger partial charge in [0.05, 0.1) is 0 Å². The number of fused-ring (bicyclic) bond motifs is 3. The minimum Gasteiger partial charge on any atom is -0.179 e. The van der Waals surface area contributed by atoms with Gasteiger partial charge in [-0.1, -0.05) is 55.0 Å². The van der Waals surface area contributed by atoms with Gasteiger partial charge in [0.25, 0.3) is 0 Å². The smallest absolute Gasteiger partial charge is 0.0253 e. The third kappa shape index (κ3) is 9.10. The summed E-state index contributed by atoms with van der Waals surface area (Å²) in [5.74, 6) is 0. The van der Waals surface area contributed by atoms with E-state index in [0.717, 1.165) is 19.3 Å². The summed E-state index contributed by atoms with van der Waals surface area (Å²) in [7, 11) is -0.981. The van der Waals surface area contributed by atoms with Crippen LogP contribution in [0.1, 0.15) is 23.1 Å². The van der Waals surface area contributed by atoms with Crippen molar-refractivity contribution in [2.75, 3.05) is 0 Å². The van der Waals surface area contributed by atoms with Crippen molar-refractivity contribution < 1.29 is 49.0 Å². The van der Waals surface area contributed by atoms with Gasteiger partial charge in [-0.3, -0.25) is 6.08 Å². The van der Waals surface area contributed by atoms with Crippen molar-refractivity contribution >= 4 is 11.8 Å². The van der Waals surface area contributed by atoms with Crippen LogP contribution >= 0.6 is 0 Å². The van der Waals surface area contributed by atoms with E-state index in [1.165, 1.54) is 52.1 Å². The number of halogens is 2. The van der Waals surface area contributed by atoms with E-state index in [9.17, 15) is 0 Å². The average Bonchev–Trinajstić information content (AvgIpc) is 3.44. The molecular formula is C29H30Cl2SiZr-2. The van der Waals surface area contributed by atoms with Crippen LogP contribution in [0.2, 0.25) is 19.6 Å². The summed E-state index contributed by atoms with van der Waals surface area (Å²) < 4.78 is 2.25. The van der Waals surface area contributed by atoms with Crippen LogP contribution in [0.4, 0.5) is 0 Å². The Bertz CT molecular complexity index is 1020. The van der Waals surface area contributed by atoms with Crippen LogP contribution in [0.15, 0.2) is 90.1 Å². The summed E-state index contributed by atoms with van der Waals surface area (Å²) in [4.78, 5) is 0. The molecule has 170 valence electrons. The number of allylic oxidation sites excluding steroid dienone is 4. The SMILES string of the molecule is C[Si](C)(C)C1=CC[C-]=C1.[Cl-].[Cl-].[Zr+2]=[CH]Cc1ccccc1.[c-]1cccc2c1Cc1ccccc1-2. The Balaban J connectivity index is 0.000000247. The molecule has 3 aromatic carbocycles. The number of benzene rings is 3. The van der Waals surface area contributed by atoms with Crippen molar-refractivity contribution in [2.45, 2.75) is 38.9 Å². The van der Waals surface area contributed by atoms with E-state index >= 15 is 0 Å². The Morgan fingerprint density at radius 3 is 2.15 bits per heavy atom. The summed E-state index contributed by atoms with van der Waals surface area (Å²) in [6.45, 7) is 7.09. The van der Waals surface area contributed by atoms with E-state index in [0.29, 0.717) is 0 Å². The van der Waals surface area contributed by atoms with Crippen LogP contribution < -0.4 is 24.8 Å². The molecule has 4 heteroatoms. The molecule has 0 saturated heterocycles. The predicted molar refractivity (Wildman–Crippen MR) is 134 cm³/mol. The zero-order chi connectivity index (χ0) is 22.1. The van der Waals surface area contributed by atoms with E-state index < -0.39 is 8.07 Å². The maximum Gasteiger partial charge on any atom is -0.0253 e. The van der Waals surface area contributed by atoms with Gasteiger partial charge in [-0.05, 0) is 14.5 Å². The van der Waals surface area contributed by atoms with E-state index in [2.05, 4.69) is 108 Å². The molecule has 0 unspecified atom stereocenters. The largest absolute Gasteiger partial charge is 0.179 e. The van der Waals surface area contributed by atoms with E-state index in [1.54, 1.807) is 5.20 Å². The van der Waals surface area contributed by atoms with Crippen LogP contribution in [0.25, 0.3) is 11.1 Å². The van der Waals surface area contributed by atoms with Crippen LogP contribution in [0.3, 0.4) is 0 Å². The van der Waals surface area contributed by atoms with Gasteiger partial charge < -0.3 is 24.8 Å². The molecule has 3 aromatic rings. The fourth-order valence-electron chi connectivity index (χ4n) is 3.65. The molecule has 0 N–H and O–H groups in total. The van der Waals surface area contributed by atoms with Gasteiger partial charge in [0, 0.05) is 0 Å². The van der Waals surface area contributed by atoms with Gasteiger partial charge in [0.15, 0.2) is 0 Å². The molecule has 0 aliphatic heterocycles. The fraction of sp³-hybridized carbons (Fsp3) is 0.207.